The number of thiazole rings is 1. The highest BCUT2D eigenvalue weighted by Gasteiger charge is 2.03. The molecule has 21 heavy (non-hydrogen) atoms. The van der Waals surface area contributed by atoms with E-state index in [1.165, 1.54) is 4.88 Å². The van der Waals surface area contributed by atoms with Gasteiger partial charge in [-0.3, -0.25) is 4.68 Å². The second-order valence-corrected chi connectivity index (χ2v) is 5.77. The molecule has 0 atom stereocenters. The molecule has 0 aliphatic carbocycles. The molecular formula is C14H22N6S. The lowest BCUT2D eigenvalue weighted by Gasteiger charge is -2.10. The Kier molecular flexibility index (Phi) is 5.74. The molecule has 0 aliphatic heterocycles. The maximum absolute atomic E-state index is 4.57. The Labute approximate surface area is 129 Å². The van der Waals surface area contributed by atoms with Gasteiger partial charge in [0, 0.05) is 30.9 Å². The van der Waals surface area contributed by atoms with Gasteiger partial charge in [0.25, 0.3) is 0 Å². The number of hydrogen-bond acceptors (Lipinski definition) is 4. The molecule has 2 rings (SSSR count). The van der Waals surface area contributed by atoms with Crippen molar-refractivity contribution in [1.82, 2.24) is 25.4 Å². The topological polar surface area (TPSA) is 67.1 Å². The lowest BCUT2D eigenvalue weighted by atomic mass is 10.4. The first kappa shape index (κ1) is 15.5. The van der Waals surface area contributed by atoms with Crippen LogP contribution in [0.3, 0.4) is 0 Å². The summed E-state index contributed by atoms with van der Waals surface area (Å²) in [4.78, 5) is 10.3. The van der Waals surface area contributed by atoms with Crippen LogP contribution < -0.4 is 10.6 Å². The van der Waals surface area contributed by atoms with E-state index >= 15 is 0 Å². The summed E-state index contributed by atoms with van der Waals surface area (Å²) in [6.07, 6.45) is 4.76. The van der Waals surface area contributed by atoms with Gasteiger partial charge in [-0.2, -0.15) is 5.10 Å². The van der Waals surface area contributed by atoms with E-state index in [4.69, 9.17) is 0 Å². The van der Waals surface area contributed by atoms with Crippen molar-refractivity contribution in [2.45, 2.75) is 33.4 Å². The van der Waals surface area contributed by atoms with Gasteiger partial charge in [-0.25, -0.2) is 9.98 Å². The number of nitrogens with zero attached hydrogens (tertiary/aromatic N) is 4. The molecule has 2 heterocycles. The molecule has 0 spiro atoms. The minimum Gasteiger partial charge on any atom is -0.357 e. The summed E-state index contributed by atoms with van der Waals surface area (Å²) in [5, 5.41) is 11.8. The first-order valence-corrected chi connectivity index (χ1v) is 7.97. The summed E-state index contributed by atoms with van der Waals surface area (Å²) in [5.74, 6) is 0.798. The van der Waals surface area contributed by atoms with Crippen molar-refractivity contribution in [3.05, 3.63) is 34.0 Å². The molecule has 2 aromatic heterocycles. The standard InChI is InChI=1S/C14H22N6S/c1-4-12-9-16-13(21-12)10-18-14(15-5-2)17-8-11-6-7-19-20(11)3/h6-7,9H,4-5,8,10H2,1-3H3,(H2,15,17,18). The Balaban J connectivity index is 1.93. The predicted octanol–water partition coefficient (Wildman–Crippen LogP) is 1.69. The van der Waals surface area contributed by atoms with Gasteiger partial charge in [0.05, 0.1) is 18.8 Å². The number of guanidine groups is 1. The van der Waals surface area contributed by atoms with E-state index in [1.54, 1.807) is 17.5 Å². The summed E-state index contributed by atoms with van der Waals surface area (Å²) in [6.45, 7) is 6.32. The smallest absolute Gasteiger partial charge is 0.191 e. The second-order valence-electron chi connectivity index (χ2n) is 4.57. The molecule has 114 valence electrons. The van der Waals surface area contributed by atoms with Gasteiger partial charge in [0.2, 0.25) is 0 Å². The van der Waals surface area contributed by atoms with Crippen molar-refractivity contribution >= 4 is 17.3 Å². The van der Waals surface area contributed by atoms with Crippen molar-refractivity contribution in [1.29, 1.82) is 0 Å². The first-order valence-electron chi connectivity index (χ1n) is 7.15. The minimum absolute atomic E-state index is 0.601. The Morgan fingerprint density at radius 2 is 2.24 bits per heavy atom. The van der Waals surface area contributed by atoms with E-state index in [0.29, 0.717) is 13.1 Å². The molecule has 0 unspecified atom stereocenters. The quantitative estimate of drug-likeness (QED) is 0.629. The van der Waals surface area contributed by atoms with E-state index in [-0.39, 0.29) is 0 Å². The van der Waals surface area contributed by atoms with Crippen LogP contribution in [-0.4, -0.2) is 27.3 Å². The zero-order chi connectivity index (χ0) is 15.1. The number of hydrogen-bond donors (Lipinski definition) is 2. The number of aryl methyl sites for hydroxylation is 2. The fraction of sp³-hybridized carbons (Fsp3) is 0.500. The normalized spacial score (nSPS) is 11.7. The number of aliphatic imine (C=N–C) groups is 1. The molecule has 6 nitrogen and oxygen atoms in total. The Morgan fingerprint density at radius 3 is 2.86 bits per heavy atom. The average molecular weight is 306 g/mol. The number of rotatable bonds is 6. The van der Waals surface area contributed by atoms with Crippen molar-refractivity contribution in [2.24, 2.45) is 12.0 Å². The molecule has 7 heteroatoms. The first-order chi connectivity index (χ1) is 10.2. The van der Waals surface area contributed by atoms with E-state index < -0.39 is 0 Å². The number of nitrogens with one attached hydrogen (secondary N) is 2. The molecule has 0 radical (unpaired) electrons. The van der Waals surface area contributed by atoms with Gasteiger partial charge >= 0.3 is 0 Å². The molecule has 2 N–H and O–H groups in total. The zero-order valence-electron chi connectivity index (χ0n) is 12.8. The highest BCUT2D eigenvalue weighted by molar-refractivity contribution is 7.11. The molecule has 0 bridgehead atoms. The number of aromatic nitrogens is 3. The van der Waals surface area contributed by atoms with E-state index in [1.807, 2.05) is 24.0 Å². The SMILES string of the molecule is CCNC(=NCc1ccnn1C)NCc1ncc(CC)s1. The van der Waals surface area contributed by atoms with Crippen LogP contribution in [0.2, 0.25) is 0 Å². The highest BCUT2D eigenvalue weighted by atomic mass is 32.1. The lowest BCUT2D eigenvalue weighted by Crippen LogP contribution is -2.36. The van der Waals surface area contributed by atoms with Crippen LogP contribution in [-0.2, 0) is 26.6 Å². The molecule has 0 saturated carbocycles. The van der Waals surface area contributed by atoms with E-state index in [2.05, 4.69) is 39.6 Å². The third-order valence-corrected chi connectivity index (χ3v) is 4.16. The third kappa shape index (κ3) is 4.56. The fourth-order valence-electron chi connectivity index (χ4n) is 1.81. The van der Waals surface area contributed by atoms with Crippen LogP contribution in [0.5, 0.6) is 0 Å². The zero-order valence-corrected chi connectivity index (χ0v) is 13.6. The lowest BCUT2D eigenvalue weighted by molar-refractivity contribution is 0.707. The van der Waals surface area contributed by atoms with Crippen LogP contribution in [0.15, 0.2) is 23.5 Å². The Bertz CT molecular complexity index is 586. The summed E-state index contributed by atoms with van der Waals surface area (Å²) < 4.78 is 1.83. The third-order valence-electron chi connectivity index (χ3n) is 3.02. The van der Waals surface area contributed by atoms with Crippen molar-refractivity contribution in [2.75, 3.05) is 6.54 Å². The van der Waals surface area contributed by atoms with Gasteiger partial charge in [0.1, 0.15) is 5.01 Å². The molecular weight excluding hydrogens is 284 g/mol. The second kappa shape index (κ2) is 7.78. The largest absolute Gasteiger partial charge is 0.357 e. The van der Waals surface area contributed by atoms with Crippen LogP contribution in [0.25, 0.3) is 0 Å². The summed E-state index contributed by atoms with van der Waals surface area (Å²) in [6, 6.07) is 1.97. The molecule has 0 aliphatic rings. The minimum atomic E-state index is 0.601. The van der Waals surface area contributed by atoms with Gasteiger partial charge in [-0.1, -0.05) is 6.92 Å². The van der Waals surface area contributed by atoms with Gasteiger partial charge < -0.3 is 10.6 Å². The van der Waals surface area contributed by atoms with Crippen LogP contribution in [0.4, 0.5) is 0 Å². The van der Waals surface area contributed by atoms with Crippen LogP contribution in [0.1, 0.15) is 29.4 Å². The van der Waals surface area contributed by atoms with Gasteiger partial charge in [-0.05, 0) is 19.4 Å². The van der Waals surface area contributed by atoms with Crippen molar-refractivity contribution < 1.29 is 0 Å². The molecule has 0 aromatic carbocycles. The fourth-order valence-corrected chi connectivity index (χ4v) is 2.61. The maximum atomic E-state index is 4.57. The predicted molar refractivity (Wildman–Crippen MR) is 86.4 cm³/mol. The molecule has 0 saturated heterocycles. The maximum Gasteiger partial charge on any atom is 0.191 e. The average Bonchev–Trinajstić information content (AvgIpc) is 3.11. The molecule has 0 fully saturated rings. The molecule has 2 aromatic rings. The summed E-state index contributed by atoms with van der Waals surface area (Å²) in [5.41, 5.74) is 1.08. The Hall–Kier alpha value is -1.89. The van der Waals surface area contributed by atoms with E-state index in [0.717, 1.165) is 29.6 Å². The summed E-state index contributed by atoms with van der Waals surface area (Å²) >= 11 is 1.74. The molecule has 0 amide bonds. The van der Waals surface area contributed by atoms with Gasteiger partial charge in [-0.15, -0.1) is 11.3 Å². The van der Waals surface area contributed by atoms with E-state index in [9.17, 15) is 0 Å². The summed E-state index contributed by atoms with van der Waals surface area (Å²) in [7, 11) is 1.92. The monoisotopic (exact) mass is 306 g/mol. The van der Waals surface area contributed by atoms with Crippen LogP contribution in [0, 0.1) is 0 Å². The van der Waals surface area contributed by atoms with Crippen molar-refractivity contribution in [3.63, 3.8) is 0 Å². The van der Waals surface area contributed by atoms with Crippen LogP contribution >= 0.6 is 11.3 Å². The van der Waals surface area contributed by atoms with Crippen molar-refractivity contribution in [3.8, 4) is 0 Å². The highest BCUT2D eigenvalue weighted by Crippen LogP contribution is 2.12. The Morgan fingerprint density at radius 1 is 1.38 bits per heavy atom. The van der Waals surface area contributed by atoms with Gasteiger partial charge in [0.15, 0.2) is 5.96 Å².